The molecule has 0 N–H and O–H groups in total. The van der Waals surface area contributed by atoms with Crippen molar-refractivity contribution in [1.29, 1.82) is 0 Å². The third-order valence-corrected chi connectivity index (χ3v) is 26.2. The lowest BCUT2D eigenvalue weighted by Gasteiger charge is -2.62. The minimum absolute atomic E-state index is 0.536. The molecule has 0 nitrogen and oxygen atoms in total. The van der Waals surface area contributed by atoms with Crippen molar-refractivity contribution in [3.05, 3.63) is 0 Å². The maximum Gasteiger partial charge on any atom is -0.0240 e. The molecule has 0 radical (unpaired) electrons. The summed E-state index contributed by atoms with van der Waals surface area (Å²) in [5.74, 6) is 23.9. The van der Waals surface area contributed by atoms with E-state index in [0.717, 1.165) is 142 Å². The summed E-state index contributed by atoms with van der Waals surface area (Å²) in [6, 6.07) is 0. The molecule has 0 aliphatic heterocycles. The van der Waals surface area contributed by atoms with Gasteiger partial charge in [-0.1, -0.05) is 215 Å². The summed E-state index contributed by atoms with van der Waals surface area (Å²) in [5.41, 5.74) is 1.85. The van der Waals surface area contributed by atoms with E-state index in [9.17, 15) is 0 Å². The Morgan fingerprint density at radius 1 is 0.303 bits per heavy atom. The number of hydrogen-bond donors (Lipinski definition) is 0. The Hall–Kier alpha value is 0. The summed E-state index contributed by atoms with van der Waals surface area (Å²) in [6.45, 7) is 45.9. The van der Waals surface area contributed by atoms with Crippen molar-refractivity contribution in [2.45, 2.75) is 331 Å². The molecule has 76 heavy (non-hydrogen) atoms. The van der Waals surface area contributed by atoms with Crippen LogP contribution in [-0.2, 0) is 0 Å². The first-order valence-electron chi connectivity index (χ1n) is 35.7. The Morgan fingerprint density at radius 2 is 0.711 bits per heavy atom. The molecule has 14 atom stereocenters. The predicted molar refractivity (Wildman–Crippen MR) is 339 cm³/mol. The minimum atomic E-state index is 0.536. The molecule has 0 spiro atoms. The van der Waals surface area contributed by atoms with Crippen LogP contribution >= 0.6 is 0 Å². The monoisotopic (exact) mass is 1060 g/mol. The molecule has 12 aliphatic rings. The third kappa shape index (κ3) is 19.6. The fraction of sp³-hybridized carbons (Fsp3) is 1.00. The van der Waals surface area contributed by atoms with Crippen molar-refractivity contribution >= 4 is 0 Å². The van der Waals surface area contributed by atoms with Crippen LogP contribution in [0.15, 0.2) is 0 Å². The third-order valence-electron chi connectivity index (χ3n) is 26.2. The average Bonchev–Trinajstić information content (AvgIpc) is 4.24. The molecule has 0 amide bonds. The van der Waals surface area contributed by atoms with Gasteiger partial charge < -0.3 is 0 Å². The normalized spacial score (nSPS) is 45.1. The highest BCUT2D eigenvalue weighted by Gasteiger charge is 2.58. The van der Waals surface area contributed by atoms with Gasteiger partial charge in [-0.05, 0) is 268 Å². The van der Waals surface area contributed by atoms with Crippen molar-refractivity contribution in [2.24, 2.45) is 152 Å². The van der Waals surface area contributed by atoms with Crippen LogP contribution in [0, 0.1) is 152 Å². The van der Waals surface area contributed by atoms with E-state index >= 15 is 0 Å². The maximum absolute atomic E-state index is 2.71. The minimum Gasteiger partial charge on any atom is -0.0625 e. The Kier molecular flexibility index (Phi) is 25.3. The van der Waals surface area contributed by atoms with Crippen LogP contribution < -0.4 is 0 Å². The van der Waals surface area contributed by atoms with Crippen LogP contribution in [0.2, 0.25) is 0 Å². The molecule has 14 unspecified atom stereocenters. The van der Waals surface area contributed by atoms with E-state index in [4.69, 9.17) is 0 Å². The molecule has 0 aromatic carbocycles. The van der Waals surface area contributed by atoms with Gasteiger partial charge >= 0.3 is 0 Å². The topological polar surface area (TPSA) is 0 Å². The highest BCUT2D eigenvalue weighted by atomic mass is 14.6. The quantitative estimate of drug-likeness (QED) is 0.249. The van der Waals surface area contributed by atoms with Crippen molar-refractivity contribution in [3.63, 3.8) is 0 Å². The van der Waals surface area contributed by atoms with Gasteiger partial charge in [0.25, 0.3) is 0 Å². The summed E-state index contributed by atoms with van der Waals surface area (Å²) in [7, 11) is 0. The van der Waals surface area contributed by atoms with Crippen LogP contribution in [0.4, 0.5) is 0 Å². The first kappa shape index (κ1) is 65.2. The van der Waals surface area contributed by atoms with Gasteiger partial charge in [-0.15, -0.1) is 0 Å². The van der Waals surface area contributed by atoms with Crippen molar-refractivity contribution in [1.82, 2.24) is 0 Å². The zero-order valence-electron chi connectivity index (χ0n) is 55.7. The Labute approximate surface area is 480 Å². The van der Waals surface area contributed by atoms with Crippen LogP contribution in [0.25, 0.3) is 0 Å². The zero-order chi connectivity index (χ0) is 55.7. The van der Waals surface area contributed by atoms with Gasteiger partial charge in [0.1, 0.15) is 0 Å². The molecular formula is C76H142. The van der Waals surface area contributed by atoms with Crippen molar-refractivity contribution in [3.8, 4) is 0 Å². The Balaban J connectivity index is 0.000000150. The SMILES string of the molecule is CC1CC(C)C(C)C1C.CC1CC(C2CCCCC2)CC1C.CC1CC(CC(C)(C)C)CC1C.CC1CC(CC2CCCCC2)CC1C.CC1CCC(C2(C)C3CC4CC(C3)CC2C4)C1.CC1CCC(CC(C)(C)C)C1. The fourth-order valence-corrected chi connectivity index (χ4v) is 20.9. The van der Waals surface area contributed by atoms with Gasteiger partial charge in [-0.3, -0.25) is 0 Å². The maximum atomic E-state index is 2.71. The molecule has 0 heterocycles. The second kappa shape index (κ2) is 29.5. The van der Waals surface area contributed by atoms with Gasteiger partial charge in [-0.2, -0.15) is 0 Å². The summed E-state index contributed by atoms with van der Waals surface area (Å²) in [6.07, 6.45) is 47.3. The molecule has 12 aliphatic carbocycles. The molecule has 12 saturated carbocycles. The summed E-state index contributed by atoms with van der Waals surface area (Å²) in [4.78, 5) is 0. The zero-order valence-corrected chi connectivity index (χ0v) is 55.7. The van der Waals surface area contributed by atoms with E-state index in [0.29, 0.717) is 10.8 Å². The second-order valence-electron chi connectivity index (χ2n) is 35.4. The highest BCUT2D eigenvalue weighted by Crippen LogP contribution is 2.67. The molecule has 0 saturated heterocycles. The number of rotatable bonds is 6. The van der Waals surface area contributed by atoms with E-state index in [1.807, 2.05) is 0 Å². The molecule has 12 fully saturated rings. The summed E-state index contributed by atoms with van der Waals surface area (Å²) in [5, 5.41) is 0. The molecule has 12 rings (SSSR count). The van der Waals surface area contributed by atoms with Gasteiger partial charge in [0.05, 0.1) is 0 Å². The predicted octanol–water partition coefficient (Wildman–Crippen LogP) is 24.7. The Morgan fingerprint density at radius 3 is 1.11 bits per heavy atom. The summed E-state index contributed by atoms with van der Waals surface area (Å²) >= 11 is 0. The molecule has 0 heteroatoms. The molecule has 0 aromatic heterocycles. The highest BCUT2D eigenvalue weighted by molar-refractivity contribution is 5.07. The standard InChI is InChI=1S/C17H28.C14H26.C13H24.C12H24.C11H22.C9H18/c1-11-3-4-14(5-11)17(2)15-7-12-6-13(9-15)10-16(17)8-12;1-11-8-14(9-12(11)2)10-13-6-4-3-5-7-13;1-10-8-13(9-11(10)2)12-6-4-3-5-7-12;1-9-6-11(7-10(9)2)8-12(3,4)5;1-9-5-6-10(7-9)8-11(2,3)4;1-6-5-7(2)9(4)8(6)3/h11-16H,3-10H2,1-2H3;11-14H,3-10H2,1-2H3;10-13H,3-9H2,1-2H3;9-11H,6-8H2,1-5H3;9-10H,5-8H2,1-4H3;6-9H,5H2,1-4H3. The molecule has 0 aromatic rings. The van der Waals surface area contributed by atoms with E-state index in [1.165, 1.54) is 122 Å². The van der Waals surface area contributed by atoms with Crippen molar-refractivity contribution in [2.75, 3.05) is 0 Å². The fourth-order valence-electron chi connectivity index (χ4n) is 20.9. The van der Waals surface area contributed by atoms with E-state index in [2.05, 4.69) is 132 Å². The molecule has 446 valence electrons. The lowest BCUT2D eigenvalue weighted by molar-refractivity contribution is -0.129. The van der Waals surface area contributed by atoms with Gasteiger partial charge in [0.2, 0.25) is 0 Å². The molecular weight excluding hydrogens is 913 g/mol. The Bertz CT molecular complexity index is 1510. The van der Waals surface area contributed by atoms with Gasteiger partial charge in [-0.25, -0.2) is 0 Å². The second-order valence-corrected chi connectivity index (χ2v) is 35.4. The van der Waals surface area contributed by atoms with Crippen LogP contribution in [0.5, 0.6) is 0 Å². The lowest BCUT2D eigenvalue weighted by atomic mass is 9.43. The molecule has 4 bridgehead atoms. The van der Waals surface area contributed by atoms with Crippen LogP contribution in [0.1, 0.15) is 331 Å². The van der Waals surface area contributed by atoms with E-state index < -0.39 is 0 Å². The van der Waals surface area contributed by atoms with Crippen LogP contribution in [0.3, 0.4) is 0 Å². The number of hydrogen-bond acceptors (Lipinski definition) is 0. The van der Waals surface area contributed by atoms with Gasteiger partial charge in [0.15, 0.2) is 0 Å². The lowest BCUT2D eigenvalue weighted by Crippen LogP contribution is -2.54. The smallest absolute Gasteiger partial charge is 0.0240 e. The first-order valence-corrected chi connectivity index (χ1v) is 35.7. The van der Waals surface area contributed by atoms with Crippen LogP contribution in [-0.4, -0.2) is 0 Å². The van der Waals surface area contributed by atoms with E-state index in [-0.39, 0.29) is 0 Å². The van der Waals surface area contributed by atoms with Gasteiger partial charge in [0, 0.05) is 0 Å². The van der Waals surface area contributed by atoms with E-state index in [1.54, 1.807) is 77.0 Å². The van der Waals surface area contributed by atoms with Crippen molar-refractivity contribution < 1.29 is 0 Å². The largest absolute Gasteiger partial charge is 0.0625 e. The average molecular weight is 1060 g/mol. The summed E-state index contributed by atoms with van der Waals surface area (Å²) < 4.78 is 0. The first-order chi connectivity index (χ1) is 35.7.